The zero-order valence-electron chi connectivity index (χ0n) is 9.67. The first-order valence-corrected chi connectivity index (χ1v) is 21.6. The first kappa shape index (κ1) is 14.8. The van der Waals surface area contributed by atoms with E-state index in [0.717, 1.165) is 0 Å². The second-order valence-corrected chi connectivity index (χ2v) is 40.7. The standard InChI is InChI=1S/2C5H11.2BrH.Sn/c2*1-5(2,3)4;;;/h2*1H2,2-4H3;2*1H;/q;;;;+2/p-2. The molecule has 3 heteroatoms. The van der Waals surface area contributed by atoms with Crippen molar-refractivity contribution < 1.29 is 0 Å². The molecule has 0 saturated carbocycles. The van der Waals surface area contributed by atoms with Crippen molar-refractivity contribution in [2.45, 2.75) is 50.4 Å². The summed E-state index contributed by atoms with van der Waals surface area (Å²) < 4.78 is 2.69. The Morgan fingerprint density at radius 1 is 0.769 bits per heavy atom. The molecule has 0 aromatic rings. The molecule has 0 rings (SSSR count). The quantitative estimate of drug-likeness (QED) is 0.531. The Labute approximate surface area is 99.6 Å². The molecule has 0 unspecified atom stereocenters. The van der Waals surface area contributed by atoms with Gasteiger partial charge in [-0.05, 0) is 0 Å². The Morgan fingerprint density at radius 2 is 1.00 bits per heavy atom. The fourth-order valence-electron chi connectivity index (χ4n) is 1.61. The molecule has 13 heavy (non-hydrogen) atoms. The Kier molecular flexibility index (Phi) is 5.37. The van der Waals surface area contributed by atoms with E-state index in [1.54, 1.807) is 0 Å². The third-order valence-electron chi connectivity index (χ3n) is 1.58. The second-order valence-electron chi connectivity index (χ2n) is 6.33. The summed E-state index contributed by atoms with van der Waals surface area (Å²) in [5.41, 5.74) is 0.905. The first-order valence-electron chi connectivity index (χ1n) is 4.79. The molecule has 0 aliphatic heterocycles. The number of rotatable bonds is 2. The Bertz CT molecular complexity index is 145. The Balaban J connectivity index is 4.25. The fourth-order valence-corrected chi connectivity index (χ4v) is 33.4. The summed E-state index contributed by atoms with van der Waals surface area (Å²) in [5, 5.41) is 0. The van der Waals surface area contributed by atoms with Gasteiger partial charge in [0.1, 0.15) is 0 Å². The summed E-state index contributed by atoms with van der Waals surface area (Å²) in [5.74, 6) is 0. The van der Waals surface area contributed by atoms with Crippen molar-refractivity contribution in [1.82, 2.24) is 0 Å². The van der Waals surface area contributed by atoms with Gasteiger partial charge in [-0.2, -0.15) is 0 Å². The van der Waals surface area contributed by atoms with Crippen LogP contribution in [0.1, 0.15) is 41.5 Å². The van der Waals surface area contributed by atoms with Crippen LogP contribution in [-0.2, 0) is 0 Å². The van der Waals surface area contributed by atoms with Crippen LogP contribution < -0.4 is 0 Å². The summed E-state index contributed by atoms with van der Waals surface area (Å²) in [6, 6.07) is 0. The average molecular weight is 421 g/mol. The second kappa shape index (κ2) is 4.73. The topological polar surface area (TPSA) is 0 Å². The van der Waals surface area contributed by atoms with Crippen molar-refractivity contribution in [2.24, 2.45) is 10.8 Å². The summed E-state index contributed by atoms with van der Waals surface area (Å²) in [6.45, 7) is 13.9. The number of halogens is 2. The van der Waals surface area contributed by atoms with Gasteiger partial charge >= 0.3 is 101 Å². The molecule has 0 spiro atoms. The van der Waals surface area contributed by atoms with Gasteiger partial charge in [-0.1, -0.05) is 0 Å². The van der Waals surface area contributed by atoms with Crippen LogP contribution in [0.15, 0.2) is 0 Å². The predicted molar refractivity (Wildman–Crippen MR) is 72.1 cm³/mol. The van der Waals surface area contributed by atoms with E-state index < -0.39 is 13.9 Å². The van der Waals surface area contributed by atoms with E-state index in [1.165, 1.54) is 8.87 Å². The summed E-state index contributed by atoms with van der Waals surface area (Å²) in [4.78, 5) is 0. The average Bonchev–Trinajstić information content (AvgIpc) is 1.43. The Morgan fingerprint density at radius 3 is 1.15 bits per heavy atom. The predicted octanol–water partition coefficient (Wildman–Crippen LogP) is 5.31. The van der Waals surface area contributed by atoms with Crippen molar-refractivity contribution in [2.75, 3.05) is 0 Å². The molecule has 0 N–H and O–H groups in total. The molecular formula is C10H22Br2Sn. The van der Waals surface area contributed by atoms with Crippen LogP contribution in [0.4, 0.5) is 0 Å². The van der Waals surface area contributed by atoms with Gasteiger partial charge < -0.3 is 0 Å². The van der Waals surface area contributed by atoms with E-state index in [4.69, 9.17) is 0 Å². The van der Waals surface area contributed by atoms with Crippen LogP contribution >= 0.6 is 25.4 Å². The van der Waals surface area contributed by atoms with E-state index in [0.29, 0.717) is 10.8 Å². The third kappa shape index (κ3) is 10.0. The zero-order valence-corrected chi connectivity index (χ0v) is 15.7. The van der Waals surface area contributed by atoms with Crippen LogP contribution in [0.5, 0.6) is 0 Å². The number of hydrogen-bond acceptors (Lipinski definition) is 0. The van der Waals surface area contributed by atoms with E-state index in [1.807, 2.05) is 0 Å². The molecule has 0 aromatic heterocycles. The maximum absolute atomic E-state index is 3.98. The van der Waals surface area contributed by atoms with Gasteiger partial charge in [0.05, 0.1) is 0 Å². The molecule has 0 aliphatic rings. The van der Waals surface area contributed by atoms with E-state index in [9.17, 15) is 0 Å². The van der Waals surface area contributed by atoms with Crippen molar-refractivity contribution in [3.05, 3.63) is 0 Å². The molecule has 0 radical (unpaired) electrons. The van der Waals surface area contributed by atoms with Gasteiger partial charge in [0.2, 0.25) is 0 Å². The van der Waals surface area contributed by atoms with Crippen molar-refractivity contribution in [1.29, 1.82) is 0 Å². The van der Waals surface area contributed by atoms with Gasteiger partial charge in [0.25, 0.3) is 0 Å². The van der Waals surface area contributed by atoms with E-state index in [-0.39, 0.29) is 0 Å². The molecule has 0 atom stereocenters. The summed E-state index contributed by atoms with van der Waals surface area (Å²) in [7, 11) is 0. The normalized spacial score (nSPS) is 14.8. The monoisotopic (exact) mass is 420 g/mol. The summed E-state index contributed by atoms with van der Waals surface area (Å²) in [6.07, 6.45) is 0. The van der Waals surface area contributed by atoms with Gasteiger partial charge in [-0.15, -0.1) is 0 Å². The van der Waals surface area contributed by atoms with E-state index >= 15 is 0 Å². The molecule has 0 fully saturated rings. The molecule has 0 saturated heterocycles. The van der Waals surface area contributed by atoms with E-state index in [2.05, 4.69) is 67.0 Å². The molecule has 0 amide bonds. The molecular weight excluding hydrogens is 399 g/mol. The molecule has 0 bridgehead atoms. The zero-order chi connectivity index (χ0) is 10.9. The van der Waals surface area contributed by atoms with Crippen LogP contribution in [0.3, 0.4) is 0 Å². The molecule has 0 nitrogen and oxygen atoms in total. The maximum atomic E-state index is 3.98. The first-order chi connectivity index (χ1) is 5.41. The van der Waals surface area contributed by atoms with Gasteiger partial charge in [0, 0.05) is 0 Å². The minimum atomic E-state index is -2.09. The number of hydrogen-bond donors (Lipinski definition) is 0. The molecule has 0 aromatic carbocycles. The van der Waals surface area contributed by atoms with Crippen molar-refractivity contribution >= 4 is 39.3 Å². The van der Waals surface area contributed by atoms with Gasteiger partial charge in [-0.3, -0.25) is 0 Å². The van der Waals surface area contributed by atoms with Crippen LogP contribution in [0, 0.1) is 10.8 Å². The molecule has 0 aliphatic carbocycles. The van der Waals surface area contributed by atoms with Crippen LogP contribution in [0.25, 0.3) is 0 Å². The fraction of sp³-hybridized carbons (Fsp3) is 1.00. The third-order valence-corrected chi connectivity index (χ3v) is 18.1. The minimum absolute atomic E-state index is 0.453. The summed E-state index contributed by atoms with van der Waals surface area (Å²) >= 11 is 5.87. The van der Waals surface area contributed by atoms with Gasteiger partial charge in [0.15, 0.2) is 0 Å². The molecule has 80 valence electrons. The molecule has 0 heterocycles. The van der Waals surface area contributed by atoms with Crippen molar-refractivity contribution in [3.8, 4) is 0 Å². The van der Waals surface area contributed by atoms with Crippen LogP contribution in [-0.4, -0.2) is 13.9 Å². The SMILES string of the molecule is CC(C)(C)[CH2][Sn]([Br])([Br])[CH2]C(C)(C)C. The van der Waals surface area contributed by atoms with Gasteiger partial charge in [-0.25, -0.2) is 0 Å². The van der Waals surface area contributed by atoms with Crippen LogP contribution in [0.2, 0.25) is 8.87 Å². The van der Waals surface area contributed by atoms with Crippen molar-refractivity contribution in [3.63, 3.8) is 0 Å². The Hall–Kier alpha value is 1.76.